The number of primary amides is 1. The number of carbonyl (C=O) groups is 1. The van der Waals surface area contributed by atoms with E-state index >= 15 is 0 Å². The fourth-order valence-electron chi connectivity index (χ4n) is 2.34. The van der Waals surface area contributed by atoms with Crippen molar-refractivity contribution in [2.45, 2.75) is 33.1 Å². The number of carbonyl (C=O) groups excluding carboxylic acids is 1. The average Bonchev–Trinajstić information content (AvgIpc) is 2.72. The number of aromatic nitrogens is 1. The molecule has 18 heavy (non-hydrogen) atoms. The first-order valence-electron chi connectivity index (χ1n) is 6.27. The molecule has 2 heterocycles. The van der Waals surface area contributed by atoms with E-state index in [2.05, 4.69) is 23.1 Å². The number of rotatable bonds is 3. The molecule has 0 radical (unpaired) electrons. The quantitative estimate of drug-likeness (QED) is 0.876. The molecule has 6 heteroatoms. The molecule has 0 saturated carbocycles. The van der Waals surface area contributed by atoms with Gasteiger partial charge >= 0.3 is 0 Å². The van der Waals surface area contributed by atoms with Crippen LogP contribution in [0.4, 0.5) is 10.8 Å². The van der Waals surface area contributed by atoms with Crippen LogP contribution >= 0.6 is 11.5 Å². The summed E-state index contributed by atoms with van der Waals surface area (Å²) in [5, 5.41) is 0.832. The van der Waals surface area contributed by atoms with E-state index < -0.39 is 5.91 Å². The van der Waals surface area contributed by atoms with Crippen molar-refractivity contribution in [2.75, 3.05) is 23.7 Å². The molecule has 0 aliphatic carbocycles. The third-order valence-corrected chi connectivity index (χ3v) is 4.98. The van der Waals surface area contributed by atoms with E-state index in [-0.39, 0.29) is 5.82 Å². The SMILES string of the molecule is CCC1(C)CCN(c2snc(N)c2C(N)=O)CC1. The average molecular weight is 268 g/mol. The van der Waals surface area contributed by atoms with Gasteiger partial charge in [-0.2, -0.15) is 4.37 Å². The maximum absolute atomic E-state index is 11.4. The van der Waals surface area contributed by atoms with Crippen LogP contribution in [0.15, 0.2) is 0 Å². The Hall–Kier alpha value is -1.30. The fourth-order valence-corrected chi connectivity index (χ4v) is 3.21. The number of anilines is 2. The molecule has 0 aromatic carbocycles. The van der Waals surface area contributed by atoms with Crippen LogP contribution < -0.4 is 16.4 Å². The number of nitrogens with zero attached hydrogens (tertiary/aromatic N) is 2. The summed E-state index contributed by atoms with van der Waals surface area (Å²) in [6.07, 6.45) is 3.44. The number of piperidine rings is 1. The monoisotopic (exact) mass is 268 g/mol. The van der Waals surface area contributed by atoms with E-state index in [0.29, 0.717) is 11.0 Å². The Morgan fingerprint density at radius 3 is 2.61 bits per heavy atom. The van der Waals surface area contributed by atoms with Gasteiger partial charge in [0.2, 0.25) is 0 Å². The highest BCUT2D eigenvalue weighted by atomic mass is 32.1. The van der Waals surface area contributed by atoms with Crippen LogP contribution in [0.1, 0.15) is 43.5 Å². The Bertz CT molecular complexity index is 449. The Labute approximate surface area is 111 Å². The van der Waals surface area contributed by atoms with Gasteiger partial charge in [0.15, 0.2) is 5.82 Å². The summed E-state index contributed by atoms with van der Waals surface area (Å²) in [5.74, 6) is -0.230. The largest absolute Gasteiger partial charge is 0.382 e. The Balaban J connectivity index is 2.18. The first-order valence-corrected chi connectivity index (χ1v) is 7.04. The van der Waals surface area contributed by atoms with Crippen LogP contribution in [0, 0.1) is 5.41 Å². The molecule has 1 aromatic heterocycles. The van der Waals surface area contributed by atoms with Gasteiger partial charge in [-0.3, -0.25) is 4.79 Å². The van der Waals surface area contributed by atoms with Crippen molar-refractivity contribution < 1.29 is 4.79 Å². The van der Waals surface area contributed by atoms with Crippen LogP contribution in [0.2, 0.25) is 0 Å². The number of nitrogens with two attached hydrogens (primary N) is 2. The van der Waals surface area contributed by atoms with Crippen molar-refractivity contribution in [3.8, 4) is 0 Å². The number of amides is 1. The summed E-state index contributed by atoms with van der Waals surface area (Å²) in [6, 6.07) is 0. The van der Waals surface area contributed by atoms with Gasteiger partial charge in [-0.25, -0.2) is 0 Å². The predicted octanol–water partition coefficient (Wildman–Crippen LogP) is 1.84. The summed E-state index contributed by atoms with van der Waals surface area (Å²) in [5.41, 5.74) is 11.9. The third-order valence-electron chi connectivity index (χ3n) is 4.06. The van der Waals surface area contributed by atoms with Gasteiger partial charge in [-0.05, 0) is 29.8 Å². The summed E-state index contributed by atoms with van der Waals surface area (Å²) < 4.78 is 4.05. The fraction of sp³-hybridized carbons (Fsp3) is 0.667. The molecular formula is C12H20N4OS. The molecule has 1 aliphatic rings. The van der Waals surface area contributed by atoms with E-state index in [1.807, 2.05) is 0 Å². The molecule has 0 atom stereocenters. The summed E-state index contributed by atoms with van der Waals surface area (Å²) in [6.45, 7) is 6.42. The molecule has 1 aromatic rings. The molecule has 1 saturated heterocycles. The van der Waals surface area contributed by atoms with E-state index in [1.165, 1.54) is 18.0 Å². The van der Waals surface area contributed by atoms with Crippen LogP contribution in [-0.2, 0) is 0 Å². The normalized spacial score (nSPS) is 18.9. The molecule has 0 unspecified atom stereocenters. The maximum Gasteiger partial charge on any atom is 0.255 e. The number of hydrogen-bond donors (Lipinski definition) is 2. The summed E-state index contributed by atoms with van der Waals surface area (Å²) >= 11 is 1.27. The minimum atomic E-state index is -0.486. The second-order valence-corrected chi connectivity index (χ2v) is 6.02. The molecule has 4 N–H and O–H groups in total. The lowest BCUT2D eigenvalue weighted by atomic mass is 9.78. The number of nitrogen functional groups attached to an aromatic ring is 1. The van der Waals surface area contributed by atoms with Crippen molar-refractivity contribution in [1.82, 2.24) is 4.37 Å². The molecule has 2 rings (SSSR count). The molecule has 1 fully saturated rings. The Morgan fingerprint density at radius 2 is 2.11 bits per heavy atom. The first kappa shape index (κ1) is 13.1. The minimum Gasteiger partial charge on any atom is -0.382 e. The maximum atomic E-state index is 11.4. The van der Waals surface area contributed by atoms with Gasteiger partial charge in [0, 0.05) is 13.1 Å². The highest BCUT2D eigenvalue weighted by Crippen LogP contribution is 2.38. The highest BCUT2D eigenvalue weighted by molar-refractivity contribution is 7.11. The van der Waals surface area contributed by atoms with E-state index in [1.54, 1.807) is 0 Å². The lowest BCUT2D eigenvalue weighted by molar-refractivity contribution is 0.100. The van der Waals surface area contributed by atoms with E-state index in [0.717, 1.165) is 30.9 Å². The molecule has 1 amide bonds. The lowest BCUT2D eigenvalue weighted by Gasteiger charge is -2.39. The van der Waals surface area contributed by atoms with Crippen molar-refractivity contribution in [1.29, 1.82) is 0 Å². The lowest BCUT2D eigenvalue weighted by Crippen LogP contribution is -2.38. The zero-order valence-electron chi connectivity index (χ0n) is 10.9. The van der Waals surface area contributed by atoms with Gasteiger partial charge in [-0.15, -0.1) is 0 Å². The summed E-state index contributed by atoms with van der Waals surface area (Å²) in [7, 11) is 0. The zero-order chi connectivity index (χ0) is 13.3. The smallest absolute Gasteiger partial charge is 0.255 e. The molecule has 5 nitrogen and oxygen atoms in total. The highest BCUT2D eigenvalue weighted by Gasteiger charge is 2.31. The summed E-state index contributed by atoms with van der Waals surface area (Å²) in [4.78, 5) is 13.6. The predicted molar refractivity (Wildman–Crippen MR) is 74.9 cm³/mol. The Kier molecular flexibility index (Phi) is 3.47. The Morgan fingerprint density at radius 1 is 1.50 bits per heavy atom. The molecular weight excluding hydrogens is 248 g/mol. The third kappa shape index (κ3) is 2.29. The molecule has 0 spiro atoms. The first-order chi connectivity index (χ1) is 8.47. The van der Waals surface area contributed by atoms with Gasteiger partial charge in [-0.1, -0.05) is 20.3 Å². The van der Waals surface area contributed by atoms with Crippen molar-refractivity contribution in [2.24, 2.45) is 11.1 Å². The topological polar surface area (TPSA) is 85.2 Å². The number of hydrogen-bond acceptors (Lipinski definition) is 5. The standard InChI is InChI=1S/C12H20N4OS/c1-3-12(2)4-6-16(7-5-12)11-8(10(14)17)9(13)15-18-11/h3-7H2,1-2H3,(H2,13,15)(H2,14,17). The van der Waals surface area contributed by atoms with Crippen LogP contribution in [-0.4, -0.2) is 23.4 Å². The van der Waals surface area contributed by atoms with E-state index in [4.69, 9.17) is 11.5 Å². The second-order valence-electron chi connectivity index (χ2n) is 5.26. The van der Waals surface area contributed by atoms with Gasteiger partial charge in [0.1, 0.15) is 10.6 Å². The van der Waals surface area contributed by atoms with Gasteiger partial charge in [0.05, 0.1) is 0 Å². The minimum absolute atomic E-state index is 0.256. The van der Waals surface area contributed by atoms with Crippen LogP contribution in [0.3, 0.4) is 0 Å². The van der Waals surface area contributed by atoms with Crippen molar-refractivity contribution in [3.63, 3.8) is 0 Å². The van der Waals surface area contributed by atoms with Crippen LogP contribution in [0.25, 0.3) is 0 Å². The molecule has 100 valence electrons. The van der Waals surface area contributed by atoms with Gasteiger partial charge in [0.25, 0.3) is 5.91 Å². The van der Waals surface area contributed by atoms with Crippen LogP contribution in [0.5, 0.6) is 0 Å². The van der Waals surface area contributed by atoms with Crippen molar-refractivity contribution >= 4 is 28.3 Å². The van der Waals surface area contributed by atoms with Crippen molar-refractivity contribution in [3.05, 3.63) is 5.56 Å². The van der Waals surface area contributed by atoms with Gasteiger partial charge < -0.3 is 16.4 Å². The molecule has 0 bridgehead atoms. The van der Waals surface area contributed by atoms with E-state index in [9.17, 15) is 4.79 Å². The molecule has 1 aliphatic heterocycles. The second kappa shape index (κ2) is 4.76. The zero-order valence-corrected chi connectivity index (χ0v) is 11.7.